The molecule has 2 saturated carbocycles. The second-order valence-electron chi connectivity index (χ2n) is 8.71. The first kappa shape index (κ1) is 22.4. The second kappa shape index (κ2) is 11.2. The van der Waals surface area contributed by atoms with Crippen LogP contribution in [0.3, 0.4) is 0 Å². The van der Waals surface area contributed by atoms with Crippen molar-refractivity contribution in [2.24, 2.45) is 10.9 Å². The highest BCUT2D eigenvalue weighted by Gasteiger charge is 2.31. The molecule has 3 atom stereocenters. The third kappa shape index (κ3) is 6.92. The number of benzene rings is 1. The molecule has 0 aromatic heterocycles. The van der Waals surface area contributed by atoms with Crippen LogP contribution < -0.4 is 20.7 Å². The Bertz CT molecular complexity index is 700. The number of nitrogens with one attached hydrogen (secondary N) is 3. The van der Waals surface area contributed by atoms with Crippen molar-refractivity contribution in [3.63, 3.8) is 0 Å². The van der Waals surface area contributed by atoms with E-state index in [1.54, 1.807) is 7.11 Å². The number of carbonyl (C=O) groups excluding carboxylic acids is 1. The second-order valence-corrected chi connectivity index (χ2v) is 8.71. The minimum absolute atomic E-state index is 0.134. The van der Waals surface area contributed by atoms with Crippen LogP contribution in [-0.2, 0) is 4.79 Å². The molecular formula is C24H38N4O2. The number of carbonyl (C=O) groups is 1. The van der Waals surface area contributed by atoms with Gasteiger partial charge in [0, 0.05) is 31.1 Å². The molecule has 2 aliphatic rings. The van der Waals surface area contributed by atoms with Crippen LogP contribution in [0, 0.1) is 5.92 Å². The number of guanidine groups is 1. The molecule has 0 spiro atoms. The van der Waals surface area contributed by atoms with E-state index in [9.17, 15) is 4.79 Å². The average molecular weight is 415 g/mol. The maximum Gasteiger partial charge on any atom is 0.223 e. The number of hydrogen-bond donors (Lipinski definition) is 3. The van der Waals surface area contributed by atoms with Gasteiger partial charge in [0.05, 0.1) is 7.11 Å². The lowest BCUT2D eigenvalue weighted by atomic mass is 9.85. The highest BCUT2D eigenvalue weighted by atomic mass is 16.5. The summed E-state index contributed by atoms with van der Waals surface area (Å²) in [6.45, 7) is 5.92. The van der Waals surface area contributed by atoms with Gasteiger partial charge >= 0.3 is 0 Å². The number of ether oxygens (including phenoxy) is 1. The lowest BCUT2D eigenvalue weighted by Crippen LogP contribution is -2.47. The first-order chi connectivity index (χ1) is 14.6. The van der Waals surface area contributed by atoms with Crippen molar-refractivity contribution >= 4 is 11.9 Å². The molecule has 1 aromatic rings. The highest BCUT2D eigenvalue weighted by molar-refractivity contribution is 5.81. The summed E-state index contributed by atoms with van der Waals surface area (Å²) >= 11 is 0. The molecular weight excluding hydrogens is 376 g/mol. The Balaban J connectivity index is 1.48. The molecule has 6 nitrogen and oxygen atoms in total. The zero-order valence-corrected chi connectivity index (χ0v) is 18.7. The molecule has 0 radical (unpaired) electrons. The van der Waals surface area contributed by atoms with Crippen molar-refractivity contribution in [1.82, 2.24) is 16.0 Å². The lowest BCUT2D eigenvalue weighted by Gasteiger charge is -2.30. The van der Waals surface area contributed by atoms with Gasteiger partial charge < -0.3 is 20.7 Å². The van der Waals surface area contributed by atoms with Gasteiger partial charge in [0.15, 0.2) is 5.96 Å². The lowest BCUT2D eigenvalue weighted by molar-refractivity contribution is -0.126. The van der Waals surface area contributed by atoms with Gasteiger partial charge in [-0.1, -0.05) is 25.5 Å². The van der Waals surface area contributed by atoms with Crippen LogP contribution in [0.15, 0.2) is 29.3 Å². The topological polar surface area (TPSA) is 74.8 Å². The Morgan fingerprint density at radius 3 is 2.57 bits per heavy atom. The fraction of sp³-hybridized carbons (Fsp3) is 0.667. The van der Waals surface area contributed by atoms with E-state index < -0.39 is 0 Å². The van der Waals surface area contributed by atoms with Gasteiger partial charge in [0.2, 0.25) is 5.91 Å². The fourth-order valence-corrected chi connectivity index (χ4v) is 4.09. The molecule has 1 aromatic carbocycles. The van der Waals surface area contributed by atoms with Crippen LogP contribution in [0.25, 0.3) is 0 Å². The molecule has 3 N–H and O–H groups in total. The van der Waals surface area contributed by atoms with Crippen molar-refractivity contribution in [2.45, 2.75) is 76.8 Å². The van der Waals surface area contributed by atoms with Crippen LogP contribution in [0.5, 0.6) is 5.75 Å². The molecule has 3 rings (SSSR count). The molecule has 30 heavy (non-hydrogen) atoms. The van der Waals surface area contributed by atoms with Crippen molar-refractivity contribution < 1.29 is 9.53 Å². The van der Waals surface area contributed by atoms with E-state index in [4.69, 9.17) is 9.73 Å². The monoisotopic (exact) mass is 414 g/mol. The predicted octanol–water partition coefficient (Wildman–Crippen LogP) is 3.58. The Hall–Kier alpha value is -2.24. The maximum absolute atomic E-state index is 12.4. The van der Waals surface area contributed by atoms with Crippen LogP contribution in [0.2, 0.25) is 0 Å². The Morgan fingerprint density at radius 2 is 1.90 bits per heavy atom. The van der Waals surface area contributed by atoms with E-state index >= 15 is 0 Å². The minimum atomic E-state index is 0.134. The first-order valence-corrected chi connectivity index (χ1v) is 11.6. The van der Waals surface area contributed by atoms with Crippen LogP contribution in [0.4, 0.5) is 0 Å². The van der Waals surface area contributed by atoms with Gasteiger partial charge in [0.25, 0.3) is 0 Å². The summed E-state index contributed by atoms with van der Waals surface area (Å²) in [5.74, 6) is 2.58. The molecule has 0 heterocycles. The molecule has 0 bridgehead atoms. The van der Waals surface area contributed by atoms with Gasteiger partial charge in [-0.05, 0) is 69.1 Å². The van der Waals surface area contributed by atoms with Gasteiger partial charge in [-0.15, -0.1) is 0 Å². The number of amides is 1. The largest absolute Gasteiger partial charge is 0.497 e. The summed E-state index contributed by atoms with van der Waals surface area (Å²) in [5, 5.41) is 10.1. The van der Waals surface area contributed by atoms with Gasteiger partial charge in [-0.3, -0.25) is 9.79 Å². The summed E-state index contributed by atoms with van der Waals surface area (Å²) < 4.78 is 5.24. The minimum Gasteiger partial charge on any atom is -0.497 e. The average Bonchev–Trinajstić information content (AvgIpc) is 3.58. The van der Waals surface area contributed by atoms with Crippen LogP contribution in [0.1, 0.15) is 70.3 Å². The number of hydrogen-bond acceptors (Lipinski definition) is 3. The Labute approximate surface area is 181 Å². The molecule has 166 valence electrons. The van der Waals surface area contributed by atoms with Crippen molar-refractivity contribution in [3.05, 3.63) is 29.8 Å². The standard InChI is InChI=1S/C24H38N4O2/c1-4-25-24(26-15-14-17(2)18-8-12-22(30-3)13-9-18)28-21-7-5-6-19(16-21)23(29)27-20-10-11-20/h8-9,12-13,17,19-21H,4-7,10-11,14-16H2,1-3H3,(H,27,29)(H2,25,26,28). The summed E-state index contributed by atoms with van der Waals surface area (Å²) in [7, 11) is 1.69. The summed E-state index contributed by atoms with van der Waals surface area (Å²) in [5.41, 5.74) is 1.31. The molecule has 1 amide bonds. The summed E-state index contributed by atoms with van der Waals surface area (Å²) in [6.07, 6.45) is 7.36. The molecule has 3 unspecified atom stereocenters. The molecule has 0 aliphatic heterocycles. The third-order valence-corrected chi connectivity index (χ3v) is 6.17. The number of rotatable bonds is 9. The number of methoxy groups -OCH3 is 1. The zero-order valence-electron chi connectivity index (χ0n) is 18.7. The van der Waals surface area contributed by atoms with E-state index in [1.807, 2.05) is 12.1 Å². The van der Waals surface area contributed by atoms with E-state index in [0.717, 1.165) is 69.7 Å². The van der Waals surface area contributed by atoms with Crippen LogP contribution >= 0.6 is 0 Å². The number of aliphatic imine (C=N–C) groups is 1. The van der Waals surface area contributed by atoms with E-state index in [2.05, 4.69) is 41.9 Å². The fourth-order valence-electron chi connectivity index (χ4n) is 4.09. The normalized spacial score (nSPS) is 22.8. The molecule has 2 fully saturated rings. The first-order valence-electron chi connectivity index (χ1n) is 11.6. The summed E-state index contributed by atoms with van der Waals surface area (Å²) in [6, 6.07) is 9.04. The van der Waals surface area contributed by atoms with Crippen molar-refractivity contribution in [3.8, 4) is 5.75 Å². The Morgan fingerprint density at radius 1 is 1.13 bits per heavy atom. The van der Waals surface area contributed by atoms with Gasteiger partial charge in [0.1, 0.15) is 5.75 Å². The van der Waals surface area contributed by atoms with E-state index in [1.165, 1.54) is 5.56 Å². The predicted molar refractivity (Wildman–Crippen MR) is 122 cm³/mol. The SMILES string of the molecule is CCNC(=NCCC(C)c1ccc(OC)cc1)NC1CCCC(C(=O)NC2CC2)C1. The van der Waals surface area contributed by atoms with E-state index in [-0.39, 0.29) is 11.8 Å². The maximum atomic E-state index is 12.4. The third-order valence-electron chi connectivity index (χ3n) is 6.17. The molecule has 2 aliphatic carbocycles. The quantitative estimate of drug-likeness (QED) is 0.426. The summed E-state index contributed by atoms with van der Waals surface area (Å²) in [4.78, 5) is 17.2. The molecule has 0 saturated heterocycles. The molecule has 6 heteroatoms. The Kier molecular flexibility index (Phi) is 8.40. The van der Waals surface area contributed by atoms with Crippen LogP contribution in [-0.4, -0.2) is 44.1 Å². The van der Waals surface area contributed by atoms with Crippen molar-refractivity contribution in [1.29, 1.82) is 0 Å². The smallest absolute Gasteiger partial charge is 0.223 e. The zero-order chi connectivity index (χ0) is 21.3. The number of nitrogens with zero attached hydrogens (tertiary/aromatic N) is 1. The van der Waals surface area contributed by atoms with Crippen molar-refractivity contribution in [2.75, 3.05) is 20.2 Å². The van der Waals surface area contributed by atoms with Gasteiger partial charge in [-0.2, -0.15) is 0 Å². The highest BCUT2D eigenvalue weighted by Crippen LogP contribution is 2.27. The van der Waals surface area contributed by atoms with Gasteiger partial charge in [-0.25, -0.2) is 0 Å². The van der Waals surface area contributed by atoms with E-state index in [0.29, 0.717) is 18.0 Å².